The van der Waals surface area contributed by atoms with Gasteiger partial charge in [-0.3, -0.25) is 0 Å². The first kappa shape index (κ1) is 10.9. The van der Waals surface area contributed by atoms with Crippen LogP contribution in [0.5, 0.6) is 5.75 Å². The Morgan fingerprint density at radius 3 is 2.79 bits per heavy atom. The fraction of sp³-hybridized carbons (Fsp3) is 0.300. The highest BCUT2D eigenvalue weighted by Gasteiger charge is 2.12. The smallest absolute Gasteiger partial charge is 0.341 e. The van der Waals surface area contributed by atoms with E-state index in [0.29, 0.717) is 22.9 Å². The minimum Gasteiger partial charge on any atom is -0.493 e. The molecule has 3 nitrogen and oxygen atoms in total. The van der Waals surface area contributed by atoms with Gasteiger partial charge in [-0.25, -0.2) is 4.79 Å². The number of ether oxygens (including phenoxy) is 2. The van der Waals surface area contributed by atoms with E-state index in [1.165, 1.54) is 13.2 Å². The minimum absolute atomic E-state index is 0.349. The molecule has 0 aromatic heterocycles. The predicted molar refractivity (Wildman–Crippen MR) is 54.0 cm³/mol. The lowest BCUT2D eigenvalue weighted by Gasteiger charge is -2.08. The molecule has 0 unspecified atom stereocenters. The molecular weight excluding hydrogens is 204 g/mol. The SMILES string of the molecule is CCOc1ccc(Cl)cc1C(=O)OC. The zero-order valence-corrected chi connectivity index (χ0v) is 8.80. The summed E-state index contributed by atoms with van der Waals surface area (Å²) in [5, 5.41) is 0.480. The molecule has 1 aromatic carbocycles. The summed E-state index contributed by atoms with van der Waals surface area (Å²) in [6.45, 7) is 2.33. The number of hydrogen-bond acceptors (Lipinski definition) is 3. The van der Waals surface area contributed by atoms with Crippen LogP contribution >= 0.6 is 11.6 Å². The number of halogens is 1. The Morgan fingerprint density at radius 1 is 1.50 bits per heavy atom. The maximum absolute atomic E-state index is 11.3. The molecule has 0 heterocycles. The van der Waals surface area contributed by atoms with E-state index >= 15 is 0 Å². The van der Waals surface area contributed by atoms with Crippen molar-refractivity contribution in [2.75, 3.05) is 13.7 Å². The number of carbonyl (C=O) groups excluding carboxylic acids is 1. The normalized spacial score (nSPS) is 9.64. The summed E-state index contributed by atoms with van der Waals surface area (Å²) in [6, 6.07) is 4.84. The van der Waals surface area contributed by atoms with E-state index in [4.69, 9.17) is 16.3 Å². The van der Waals surface area contributed by atoms with Gasteiger partial charge in [-0.1, -0.05) is 11.6 Å². The second-order valence-electron chi connectivity index (χ2n) is 2.57. The van der Waals surface area contributed by atoms with E-state index in [9.17, 15) is 4.79 Å². The third-order valence-corrected chi connectivity index (χ3v) is 1.88. The van der Waals surface area contributed by atoms with Crippen LogP contribution in [0.25, 0.3) is 0 Å². The summed E-state index contributed by atoms with van der Waals surface area (Å²) in [7, 11) is 1.32. The molecule has 0 bridgehead atoms. The van der Waals surface area contributed by atoms with Crippen LogP contribution in [-0.4, -0.2) is 19.7 Å². The fourth-order valence-corrected chi connectivity index (χ4v) is 1.23. The van der Waals surface area contributed by atoms with Gasteiger partial charge in [0.1, 0.15) is 11.3 Å². The second kappa shape index (κ2) is 4.86. The highest BCUT2D eigenvalue weighted by Crippen LogP contribution is 2.23. The molecular formula is C10H11ClO3. The largest absolute Gasteiger partial charge is 0.493 e. The Bertz CT molecular complexity index is 336. The molecule has 0 aliphatic carbocycles. The summed E-state index contributed by atoms with van der Waals surface area (Å²) in [4.78, 5) is 11.3. The first-order chi connectivity index (χ1) is 6.69. The van der Waals surface area contributed by atoms with Gasteiger partial charge in [-0.15, -0.1) is 0 Å². The highest BCUT2D eigenvalue weighted by molar-refractivity contribution is 6.31. The fourth-order valence-electron chi connectivity index (χ4n) is 1.05. The van der Waals surface area contributed by atoms with Crippen molar-refractivity contribution in [2.24, 2.45) is 0 Å². The summed E-state index contributed by atoms with van der Waals surface area (Å²) in [5.41, 5.74) is 0.349. The van der Waals surface area contributed by atoms with Crippen LogP contribution in [0.15, 0.2) is 18.2 Å². The van der Waals surface area contributed by atoms with Crippen LogP contribution in [-0.2, 0) is 4.74 Å². The molecule has 0 aliphatic rings. The first-order valence-electron chi connectivity index (χ1n) is 4.19. The van der Waals surface area contributed by atoms with Gasteiger partial charge in [0.2, 0.25) is 0 Å². The van der Waals surface area contributed by atoms with Crippen molar-refractivity contribution in [3.8, 4) is 5.75 Å². The molecule has 0 N–H and O–H groups in total. The molecule has 4 heteroatoms. The third-order valence-electron chi connectivity index (χ3n) is 1.65. The van der Waals surface area contributed by atoms with Gasteiger partial charge in [0.15, 0.2) is 0 Å². The lowest BCUT2D eigenvalue weighted by Crippen LogP contribution is -2.05. The van der Waals surface area contributed by atoms with Crippen molar-refractivity contribution < 1.29 is 14.3 Å². The maximum atomic E-state index is 11.3. The Morgan fingerprint density at radius 2 is 2.21 bits per heavy atom. The predicted octanol–water partition coefficient (Wildman–Crippen LogP) is 2.53. The summed E-state index contributed by atoms with van der Waals surface area (Å²) >= 11 is 5.75. The molecule has 0 saturated carbocycles. The number of benzene rings is 1. The summed E-state index contributed by atoms with van der Waals surface area (Å²) in [6.07, 6.45) is 0. The molecule has 1 aromatic rings. The number of rotatable bonds is 3. The van der Waals surface area contributed by atoms with E-state index in [1.807, 2.05) is 6.92 Å². The van der Waals surface area contributed by atoms with Crippen molar-refractivity contribution in [2.45, 2.75) is 6.92 Å². The number of methoxy groups -OCH3 is 1. The van der Waals surface area contributed by atoms with Gasteiger partial charge in [0, 0.05) is 5.02 Å². The zero-order valence-electron chi connectivity index (χ0n) is 8.04. The summed E-state index contributed by atoms with van der Waals surface area (Å²) in [5.74, 6) is 0.0414. The molecule has 0 aliphatic heterocycles. The van der Waals surface area contributed by atoms with E-state index < -0.39 is 5.97 Å². The molecule has 0 amide bonds. The Hall–Kier alpha value is -1.22. The molecule has 0 spiro atoms. The Labute approximate surface area is 87.6 Å². The molecule has 0 saturated heterocycles. The monoisotopic (exact) mass is 214 g/mol. The standard InChI is InChI=1S/C10H11ClO3/c1-3-14-9-5-4-7(11)6-8(9)10(12)13-2/h4-6H,3H2,1-2H3. The lowest BCUT2D eigenvalue weighted by molar-refractivity contribution is 0.0596. The third kappa shape index (κ3) is 2.39. The molecule has 0 fully saturated rings. The van der Waals surface area contributed by atoms with Crippen molar-refractivity contribution in [3.05, 3.63) is 28.8 Å². The van der Waals surface area contributed by atoms with Gasteiger partial charge in [-0.05, 0) is 25.1 Å². The van der Waals surface area contributed by atoms with Crippen molar-refractivity contribution in [1.29, 1.82) is 0 Å². The quantitative estimate of drug-likeness (QED) is 0.726. The maximum Gasteiger partial charge on any atom is 0.341 e. The lowest BCUT2D eigenvalue weighted by atomic mass is 10.2. The minimum atomic E-state index is -0.448. The van der Waals surface area contributed by atoms with Crippen LogP contribution in [0.3, 0.4) is 0 Å². The average Bonchev–Trinajstić information content (AvgIpc) is 2.20. The van der Waals surface area contributed by atoms with Crippen LogP contribution < -0.4 is 4.74 Å². The molecule has 1 rings (SSSR count). The van der Waals surface area contributed by atoms with E-state index in [1.54, 1.807) is 12.1 Å². The highest BCUT2D eigenvalue weighted by atomic mass is 35.5. The van der Waals surface area contributed by atoms with Gasteiger partial charge >= 0.3 is 5.97 Å². The zero-order chi connectivity index (χ0) is 10.6. The Balaban J connectivity index is 3.08. The molecule has 76 valence electrons. The Kier molecular flexibility index (Phi) is 3.77. The van der Waals surface area contributed by atoms with Crippen LogP contribution in [0.1, 0.15) is 17.3 Å². The molecule has 0 atom stereocenters. The van der Waals surface area contributed by atoms with Crippen molar-refractivity contribution in [3.63, 3.8) is 0 Å². The number of carbonyl (C=O) groups is 1. The summed E-state index contributed by atoms with van der Waals surface area (Å²) < 4.78 is 9.86. The van der Waals surface area contributed by atoms with Gasteiger partial charge in [-0.2, -0.15) is 0 Å². The van der Waals surface area contributed by atoms with Crippen LogP contribution in [0.4, 0.5) is 0 Å². The second-order valence-corrected chi connectivity index (χ2v) is 3.00. The van der Waals surface area contributed by atoms with Crippen LogP contribution in [0, 0.1) is 0 Å². The van der Waals surface area contributed by atoms with Gasteiger partial charge in [0.25, 0.3) is 0 Å². The van der Waals surface area contributed by atoms with E-state index in [0.717, 1.165) is 0 Å². The number of esters is 1. The van der Waals surface area contributed by atoms with E-state index in [-0.39, 0.29) is 0 Å². The van der Waals surface area contributed by atoms with Gasteiger partial charge < -0.3 is 9.47 Å². The first-order valence-corrected chi connectivity index (χ1v) is 4.57. The molecule has 0 radical (unpaired) electrons. The van der Waals surface area contributed by atoms with E-state index in [2.05, 4.69) is 4.74 Å². The number of hydrogen-bond donors (Lipinski definition) is 0. The van der Waals surface area contributed by atoms with Gasteiger partial charge in [0.05, 0.1) is 13.7 Å². The van der Waals surface area contributed by atoms with Crippen LogP contribution in [0.2, 0.25) is 5.02 Å². The molecule has 14 heavy (non-hydrogen) atoms. The average molecular weight is 215 g/mol. The van der Waals surface area contributed by atoms with Crippen molar-refractivity contribution >= 4 is 17.6 Å². The topological polar surface area (TPSA) is 35.5 Å². The van der Waals surface area contributed by atoms with Crippen molar-refractivity contribution in [1.82, 2.24) is 0 Å².